The maximum atomic E-state index is 11.9. The van der Waals surface area contributed by atoms with Crippen LogP contribution in [0.2, 0.25) is 0 Å². The fourth-order valence-electron chi connectivity index (χ4n) is 3.16. The van der Waals surface area contributed by atoms with Gasteiger partial charge in [-0.3, -0.25) is 0 Å². The summed E-state index contributed by atoms with van der Waals surface area (Å²) < 4.78 is 11.8. The number of hydrogen-bond acceptors (Lipinski definition) is 4. The van der Waals surface area contributed by atoms with Crippen LogP contribution in [0.3, 0.4) is 0 Å². The van der Waals surface area contributed by atoms with Crippen LogP contribution in [0.1, 0.15) is 46.5 Å². The van der Waals surface area contributed by atoms with Gasteiger partial charge in [-0.2, -0.15) is 0 Å². The van der Waals surface area contributed by atoms with Crippen LogP contribution in [-0.2, 0) is 4.74 Å². The quantitative estimate of drug-likeness (QED) is 0.717. The van der Waals surface area contributed by atoms with Crippen LogP contribution >= 0.6 is 15.9 Å². The van der Waals surface area contributed by atoms with Gasteiger partial charge >= 0.3 is 6.09 Å². The number of halogens is 1. The van der Waals surface area contributed by atoms with Crippen molar-refractivity contribution in [3.8, 4) is 5.75 Å². The van der Waals surface area contributed by atoms with Crippen LogP contribution < -0.4 is 15.4 Å². The third-order valence-electron chi connectivity index (χ3n) is 4.32. The van der Waals surface area contributed by atoms with Gasteiger partial charge in [0, 0.05) is 17.1 Å². The topological polar surface area (TPSA) is 59.6 Å². The Balaban J connectivity index is 1.99. The predicted octanol–water partition coefficient (Wildman–Crippen LogP) is 4.95. The minimum atomic E-state index is -0.474. The zero-order valence-corrected chi connectivity index (χ0v) is 17.1. The molecule has 0 radical (unpaired) electrons. The van der Waals surface area contributed by atoms with Gasteiger partial charge in [0.2, 0.25) is 0 Å². The summed E-state index contributed by atoms with van der Waals surface area (Å²) in [6.07, 6.45) is 4.20. The van der Waals surface area contributed by atoms with Gasteiger partial charge in [0.1, 0.15) is 11.4 Å². The minimum absolute atomic E-state index is 0.298. The zero-order valence-electron chi connectivity index (χ0n) is 15.5. The molecule has 140 valence electrons. The van der Waals surface area contributed by atoms with Gasteiger partial charge in [-0.15, -0.1) is 0 Å². The molecule has 0 spiro atoms. The summed E-state index contributed by atoms with van der Waals surface area (Å²) in [5.41, 5.74) is 0.504. The molecular formula is C19H29BrN2O3. The average Bonchev–Trinajstić information content (AvgIpc) is 2.53. The Morgan fingerprint density at radius 1 is 1.28 bits per heavy atom. The summed E-state index contributed by atoms with van der Waals surface area (Å²) in [7, 11) is 1.68. The number of carbonyl (C=O) groups is 1. The molecule has 0 aromatic heterocycles. The van der Waals surface area contributed by atoms with E-state index in [0.29, 0.717) is 18.5 Å². The summed E-state index contributed by atoms with van der Waals surface area (Å²) >= 11 is 3.51. The fraction of sp³-hybridized carbons (Fsp3) is 0.632. The molecule has 0 heterocycles. The van der Waals surface area contributed by atoms with E-state index in [1.54, 1.807) is 7.11 Å². The third kappa shape index (κ3) is 6.42. The number of alkyl carbamates (subject to hydrolysis) is 1. The molecule has 1 amide bonds. The van der Waals surface area contributed by atoms with E-state index in [1.165, 1.54) is 12.8 Å². The van der Waals surface area contributed by atoms with Crippen LogP contribution in [0, 0.1) is 5.92 Å². The Morgan fingerprint density at radius 2 is 2.00 bits per heavy atom. The maximum absolute atomic E-state index is 11.9. The highest BCUT2D eigenvalue weighted by Gasteiger charge is 2.27. The summed E-state index contributed by atoms with van der Waals surface area (Å²) in [4.78, 5) is 11.9. The number of anilines is 1. The van der Waals surface area contributed by atoms with Gasteiger partial charge in [0.15, 0.2) is 0 Å². The van der Waals surface area contributed by atoms with E-state index in [2.05, 4.69) is 26.6 Å². The molecule has 1 aliphatic carbocycles. The minimum Gasteiger partial charge on any atom is -0.495 e. The van der Waals surface area contributed by atoms with Crippen molar-refractivity contribution >= 4 is 27.7 Å². The number of benzene rings is 1. The number of rotatable bonds is 5. The highest BCUT2D eigenvalue weighted by molar-refractivity contribution is 9.10. The normalized spacial score (nSPS) is 20.7. The molecule has 2 atom stereocenters. The fourth-order valence-corrected chi connectivity index (χ4v) is 3.52. The van der Waals surface area contributed by atoms with Crippen LogP contribution in [0.5, 0.6) is 5.75 Å². The summed E-state index contributed by atoms with van der Waals surface area (Å²) in [5.74, 6) is 1.19. The Morgan fingerprint density at radius 3 is 2.68 bits per heavy atom. The van der Waals surface area contributed by atoms with Gasteiger partial charge < -0.3 is 20.1 Å². The van der Waals surface area contributed by atoms with Crippen molar-refractivity contribution in [2.45, 2.75) is 58.1 Å². The van der Waals surface area contributed by atoms with E-state index >= 15 is 0 Å². The first kappa shape index (κ1) is 19.9. The van der Waals surface area contributed by atoms with Gasteiger partial charge in [-0.25, -0.2) is 4.79 Å². The van der Waals surface area contributed by atoms with Gasteiger partial charge in [0.25, 0.3) is 0 Å². The van der Waals surface area contributed by atoms with Crippen molar-refractivity contribution in [2.24, 2.45) is 5.92 Å². The second-order valence-corrected chi connectivity index (χ2v) is 8.44. The van der Waals surface area contributed by atoms with E-state index < -0.39 is 5.60 Å². The Labute approximate surface area is 159 Å². The Bertz CT molecular complexity index is 587. The Hall–Kier alpha value is -1.43. The van der Waals surface area contributed by atoms with E-state index in [1.807, 2.05) is 39.0 Å². The first-order valence-electron chi connectivity index (χ1n) is 8.85. The molecule has 0 saturated heterocycles. The molecule has 2 unspecified atom stereocenters. The van der Waals surface area contributed by atoms with Crippen molar-refractivity contribution in [2.75, 3.05) is 19.0 Å². The van der Waals surface area contributed by atoms with Crippen LogP contribution in [0.25, 0.3) is 0 Å². The second-order valence-electron chi connectivity index (χ2n) is 7.52. The largest absolute Gasteiger partial charge is 0.495 e. The van der Waals surface area contributed by atoms with Crippen LogP contribution in [-0.4, -0.2) is 31.4 Å². The van der Waals surface area contributed by atoms with Gasteiger partial charge in [0.05, 0.1) is 12.8 Å². The van der Waals surface area contributed by atoms with Crippen molar-refractivity contribution in [1.82, 2.24) is 5.32 Å². The first-order chi connectivity index (χ1) is 11.8. The highest BCUT2D eigenvalue weighted by atomic mass is 79.9. The number of hydrogen-bond donors (Lipinski definition) is 2. The van der Waals surface area contributed by atoms with E-state index in [0.717, 1.165) is 28.8 Å². The maximum Gasteiger partial charge on any atom is 0.407 e. The lowest BCUT2D eigenvalue weighted by atomic mass is 9.84. The van der Waals surface area contributed by atoms with Crippen molar-refractivity contribution in [3.63, 3.8) is 0 Å². The number of ether oxygens (including phenoxy) is 2. The summed E-state index contributed by atoms with van der Waals surface area (Å²) in [5, 5.41) is 6.54. The molecule has 0 aliphatic heterocycles. The van der Waals surface area contributed by atoms with Gasteiger partial charge in [-0.05, 0) is 57.7 Å². The first-order valence-corrected chi connectivity index (χ1v) is 9.65. The van der Waals surface area contributed by atoms with Crippen molar-refractivity contribution in [1.29, 1.82) is 0 Å². The third-order valence-corrected chi connectivity index (χ3v) is 4.81. The predicted molar refractivity (Wildman–Crippen MR) is 104 cm³/mol. The number of methoxy groups -OCH3 is 1. The summed E-state index contributed by atoms with van der Waals surface area (Å²) in [6, 6.07) is 6.24. The number of nitrogens with one attached hydrogen (secondary N) is 2. The van der Waals surface area contributed by atoms with Crippen molar-refractivity contribution in [3.05, 3.63) is 22.7 Å². The molecular weight excluding hydrogens is 384 g/mol. The van der Waals surface area contributed by atoms with Crippen LogP contribution in [0.4, 0.5) is 10.5 Å². The lowest BCUT2D eigenvalue weighted by Crippen LogP contribution is -2.42. The highest BCUT2D eigenvalue weighted by Crippen LogP contribution is 2.33. The summed E-state index contributed by atoms with van der Waals surface area (Å²) in [6.45, 7) is 6.23. The van der Waals surface area contributed by atoms with E-state index in [9.17, 15) is 4.79 Å². The number of amides is 1. The number of carbonyl (C=O) groups excluding carboxylic acids is 1. The molecule has 0 bridgehead atoms. The van der Waals surface area contributed by atoms with Crippen molar-refractivity contribution < 1.29 is 14.3 Å². The smallest absolute Gasteiger partial charge is 0.407 e. The van der Waals surface area contributed by atoms with E-state index in [-0.39, 0.29) is 6.09 Å². The molecule has 25 heavy (non-hydrogen) atoms. The monoisotopic (exact) mass is 412 g/mol. The molecule has 1 aromatic rings. The molecule has 1 fully saturated rings. The lowest BCUT2D eigenvalue weighted by molar-refractivity contribution is 0.0514. The van der Waals surface area contributed by atoms with Gasteiger partial charge in [-0.1, -0.05) is 28.8 Å². The molecule has 1 aliphatic rings. The molecule has 5 nitrogen and oxygen atoms in total. The molecule has 1 saturated carbocycles. The Kier molecular flexibility index (Phi) is 6.99. The zero-order chi connectivity index (χ0) is 18.4. The second kappa shape index (κ2) is 8.79. The molecule has 2 rings (SSSR count). The molecule has 1 aromatic carbocycles. The average molecular weight is 413 g/mol. The lowest BCUT2D eigenvalue weighted by Gasteiger charge is -2.33. The van der Waals surface area contributed by atoms with E-state index in [4.69, 9.17) is 9.47 Å². The molecule has 6 heteroatoms. The molecule has 2 N–H and O–H groups in total. The standard InChI is InChI=1S/C19H29BrN2O3/c1-19(2,3)25-18(23)21-12-13-7-5-6-8-15(13)22-16-11-14(20)9-10-17(16)24-4/h9-11,13,15,22H,5-8,12H2,1-4H3,(H,21,23). The van der Waals surface area contributed by atoms with Crippen LogP contribution in [0.15, 0.2) is 22.7 Å². The SMILES string of the molecule is COc1ccc(Br)cc1NC1CCCCC1CNC(=O)OC(C)(C)C.